The Balaban J connectivity index is 1.84. The molecular formula is C47H66ClF13O13. The molecule has 1 aliphatic carbocycles. The molecule has 74 heavy (non-hydrogen) atoms. The van der Waals surface area contributed by atoms with Crippen molar-refractivity contribution in [2.75, 3.05) is 99.1 Å². The fourth-order valence-electron chi connectivity index (χ4n) is 7.15. The average molecular weight is 1120 g/mol. The van der Waals surface area contributed by atoms with Crippen LogP contribution in [0.3, 0.4) is 0 Å². The summed E-state index contributed by atoms with van der Waals surface area (Å²) < 4.78 is 225. The van der Waals surface area contributed by atoms with Gasteiger partial charge in [-0.15, -0.1) is 0 Å². The normalized spacial score (nSPS) is 17.0. The summed E-state index contributed by atoms with van der Waals surface area (Å²) in [5.41, 5.74) is -1.58. The van der Waals surface area contributed by atoms with E-state index in [-0.39, 0.29) is 58.7 Å². The van der Waals surface area contributed by atoms with Gasteiger partial charge in [0.2, 0.25) is 0 Å². The van der Waals surface area contributed by atoms with Crippen molar-refractivity contribution < 1.29 is 119 Å². The van der Waals surface area contributed by atoms with Crippen molar-refractivity contribution in [1.29, 1.82) is 0 Å². The highest BCUT2D eigenvalue weighted by Crippen LogP contribution is 2.62. The highest BCUT2D eigenvalue weighted by Gasteiger charge is 2.90. The molecule has 0 spiro atoms. The van der Waals surface area contributed by atoms with Crippen LogP contribution in [0.1, 0.15) is 90.4 Å². The largest absolute Gasteiger partial charge is 0.494 e. The average Bonchev–Trinajstić information content (AvgIpc) is 4.07. The van der Waals surface area contributed by atoms with Crippen molar-refractivity contribution in [2.45, 2.75) is 126 Å². The van der Waals surface area contributed by atoms with Crippen LogP contribution < -0.4 is 4.74 Å². The third kappa shape index (κ3) is 20.5. The molecular weight excluding hydrogens is 1050 g/mol. The van der Waals surface area contributed by atoms with Crippen molar-refractivity contribution in [3.05, 3.63) is 29.3 Å². The molecule has 1 aromatic carbocycles. The highest BCUT2D eigenvalue weighted by atomic mass is 35.5. The van der Waals surface area contributed by atoms with E-state index in [0.717, 1.165) is 12.8 Å². The molecule has 0 saturated heterocycles. The molecule has 3 unspecified atom stereocenters. The van der Waals surface area contributed by atoms with Gasteiger partial charge < -0.3 is 47.7 Å². The molecule has 2 rings (SSSR count). The third-order valence-corrected chi connectivity index (χ3v) is 11.8. The number of carbonyl (C=O) groups is 3. The van der Waals surface area contributed by atoms with Crippen molar-refractivity contribution in [3.8, 4) is 5.75 Å². The van der Waals surface area contributed by atoms with Crippen LogP contribution in [0.2, 0.25) is 5.02 Å². The van der Waals surface area contributed by atoms with Crippen LogP contribution in [0.4, 0.5) is 57.1 Å². The second-order valence-electron chi connectivity index (χ2n) is 17.2. The molecule has 1 fully saturated rings. The summed E-state index contributed by atoms with van der Waals surface area (Å²) in [5.74, 6) is -43.0. The molecule has 13 nitrogen and oxygen atoms in total. The number of ether oxygens (including phenoxy) is 9. The molecule has 1 saturated carbocycles. The number of hydrogen-bond acceptors (Lipinski definition) is 13. The molecule has 430 valence electrons. The summed E-state index contributed by atoms with van der Waals surface area (Å²) in [6.07, 6.45) is -6.99. The summed E-state index contributed by atoms with van der Waals surface area (Å²) in [6.45, 7) is 4.34. The highest BCUT2D eigenvalue weighted by molar-refractivity contribution is 6.30. The standard InChI is InChI=1S/C47H66ClF13O13/c1-2-36(39(64)73-32-17-42(49,50)43(51,52)44(53,54)45(55,56)46(57,58)47(59,60)61)37-33-41(37,40(65)74-30-4-3-29-71-35-13-11-34(48)12-14-35)16-15-38(63)72-31-10-28-70-27-9-26-69-25-8-24-68-23-7-22-67-21-6-20-66-19-5-18-62/h11-14,36-37,62H,2-10,15-33H2,1H3. The van der Waals surface area contributed by atoms with Crippen LogP contribution in [0.15, 0.2) is 24.3 Å². The Labute approximate surface area is 425 Å². The van der Waals surface area contributed by atoms with Gasteiger partial charge in [0.15, 0.2) is 0 Å². The SMILES string of the molecule is CCC(C(=O)OCCC(F)(F)C(F)(F)C(F)(F)C(F)(F)C(F)(F)C(F)(F)F)C1CC1(CCC(=O)OCCCOCCCOCCCOCCCOCCCOCCCO)C(=O)OCCCCOc1ccc(Cl)cc1. The number of hydrogen-bond donors (Lipinski definition) is 1. The minimum Gasteiger partial charge on any atom is -0.494 e. The van der Waals surface area contributed by atoms with Gasteiger partial charge in [0.1, 0.15) is 5.75 Å². The van der Waals surface area contributed by atoms with Gasteiger partial charge in [0, 0.05) is 90.5 Å². The molecule has 1 aliphatic rings. The topological polar surface area (TPSA) is 155 Å². The second-order valence-corrected chi connectivity index (χ2v) is 17.6. The molecule has 27 heteroatoms. The van der Waals surface area contributed by atoms with Crippen LogP contribution in [0.25, 0.3) is 0 Å². The number of rotatable bonds is 43. The number of aliphatic hydroxyl groups excluding tert-OH is 1. The Morgan fingerprint density at radius 3 is 1.50 bits per heavy atom. The Kier molecular flexibility index (Phi) is 29.1. The van der Waals surface area contributed by atoms with E-state index in [2.05, 4.69) is 4.74 Å². The zero-order chi connectivity index (χ0) is 55.5. The lowest BCUT2D eigenvalue weighted by Gasteiger charge is -2.39. The Morgan fingerprint density at radius 1 is 0.581 bits per heavy atom. The Bertz CT molecular complexity index is 1760. The first-order chi connectivity index (χ1) is 34.8. The number of halogens is 14. The van der Waals surface area contributed by atoms with Crippen LogP contribution in [0, 0.1) is 17.3 Å². The fourth-order valence-corrected chi connectivity index (χ4v) is 7.28. The van der Waals surface area contributed by atoms with Gasteiger partial charge in [0.05, 0.1) is 44.2 Å². The van der Waals surface area contributed by atoms with Gasteiger partial charge in [-0.1, -0.05) is 18.5 Å². The van der Waals surface area contributed by atoms with E-state index in [1.165, 1.54) is 6.92 Å². The summed E-state index contributed by atoms with van der Waals surface area (Å²) in [6, 6.07) is 6.47. The molecule has 0 aliphatic heterocycles. The monoisotopic (exact) mass is 1120 g/mol. The van der Waals surface area contributed by atoms with E-state index >= 15 is 0 Å². The van der Waals surface area contributed by atoms with E-state index in [4.69, 9.17) is 54.6 Å². The lowest BCUT2D eigenvalue weighted by molar-refractivity contribution is -0.440. The summed E-state index contributed by atoms with van der Waals surface area (Å²) in [7, 11) is 0. The van der Waals surface area contributed by atoms with Gasteiger partial charge >= 0.3 is 53.7 Å². The predicted octanol–water partition coefficient (Wildman–Crippen LogP) is 10.5. The minimum atomic E-state index is -8.07. The number of benzene rings is 1. The first-order valence-electron chi connectivity index (χ1n) is 24.1. The molecule has 0 radical (unpaired) electrons. The molecule has 1 N–H and O–H groups in total. The molecule has 1 aromatic rings. The Hall–Kier alpha value is -3.43. The maximum absolute atomic E-state index is 14.4. The van der Waals surface area contributed by atoms with Crippen molar-refractivity contribution >= 4 is 29.5 Å². The fraction of sp³-hybridized carbons (Fsp3) is 0.809. The summed E-state index contributed by atoms with van der Waals surface area (Å²) in [5, 5.41) is 9.18. The smallest absolute Gasteiger partial charge is 0.460 e. The minimum absolute atomic E-state index is 0.0799. The van der Waals surface area contributed by atoms with Gasteiger partial charge in [-0.2, -0.15) is 57.1 Å². The third-order valence-electron chi connectivity index (χ3n) is 11.5. The second kappa shape index (κ2) is 32.3. The lowest BCUT2D eigenvalue weighted by atomic mass is 9.89. The molecule has 0 heterocycles. The molecule has 0 aromatic heterocycles. The predicted molar refractivity (Wildman–Crippen MR) is 237 cm³/mol. The van der Waals surface area contributed by atoms with E-state index in [1.807, 2.05) is 0 Å². The number of aliphatic hydroxyl groups is 1. The van der Waals surface area contributed by atoms with Crippen LogP contribution in [-0.4, -0.2) is 158 Å². The van der Waals surface area contributed by atoms with Crippen LogP contribution >= 0.6 is 11.6 Å². The molecule has 3 atom stereocenters. The number of carbonyl (C=O) groups excluding carboxylic acids is 3. The van der Waals surface area contributed by atoms with E-state index < -0.39 is 90.4 Å². The summed E-state index contributed by atoms with van der Waals surface area (Å²) >= 11 is 5.86. The van der Waals surface area contributed by atoms with Gasteiger partial charge in [-0.3, -0.25) is 14.4 Å². The first kappa shape index (κ1) is 66.7. The zero-order valence-corrected chi connectivity index (χ0v) is 41.7. The number of esters is 3. The van der Waals surface area contributed by atoms with E-state index in [0.29, 0.717) is 102 Å². The Morgan fingerprint density at radius 2 is 1.03 bits per heavy atom. The van der Waals surface area contributed by atoms with E-state index in [1.54, 1.807) is 24.3 Å². The van der Waals surface area contributed by atoms with Crippen LogP contribution in [-0.2, 0) is 52.3 Å². The maximum Gasteiger partial charge on any atom is 0.460 e. The molecule has 0 bridgehead atoms. The zero-order valence-electron chi connectivity index (χ0n) is 40.9. The van der Waals surface area contributed by atoms with Crippen LogP contribution in [0.5, 0.6) is 5.75 Å². The van der Waals surface area contributed by atoms with Gasteiger partial charge in [-0.25, -0.2) is 0 Å². The first-order valence-corrected chi connectivity index (χ1v) is 24.5. The lowest BCUT2D eigenvalue weighted by Crippen LogP contribution is -2.70. The van der Waals surface area contributed by atoms with Gasteiger partial charge in [0.25, 0.3) is 0 Å². The number of alkyl halides is 13. The quantitative estimate of drug-likeness (QED) is 0.0286. The van der Waals surface area contributed by atoms with Crippen molar-refractivity contribution in [3.63, 3.8) is 0 Å². The number of unbranched alkanes of at least 4 members (excludes halogenated alkanes) is 1. The van der Waals surface area contributed by atoms with Crippen molar-refractivity contribution in [1.82, 2.24) is 0 Å². The van der Waals surface area contributed by atoms with Gasteiger partial charge in [-0.05, 0) is 94.4 Å². The molecule has 0 amide bonds. The van der Waals surface area contributed by atoms with E-state index in [9.17, 15) is 71.5 Å². The summed E-state index contributed by atoms with van der Waals surface area (Å²) in [4.78, 5) is 39.4. The maximum atomic E-state index is 14.4. The van der Waals surface area contributed by atoms with Crippen molar-refractivity contribution in [2.24, 2.45) is 17.3 Å².